The molecule has 1 N–H and O–H groups in total. The number of pyridine rings is 1. The van der Waals surface area contributed by atoms with Crippen LogP contribution in [0.25, 0.3) is 11.3 Å². The monoisotopic (exact) mass is 565 g/mol. The molecule has 3 unspecified atom stereocenters. The zero-order chi connectivity index (χ0) is 28.4. The lowest BCUT2D eigenvalue weighted by Crippen LogP contribution is -2.53. The van der Waals surface area contributed by atoms with E-state index in [4.69, 9.17) is 4.42 Å². The zero-order valence-corrected chi connectivity index (χ0v) is 23.1. The number of carbonyl (C=O) groups excluding carboxylic acids is 3. The van der Waals surface area contributed by atoms with Crippen molar-refractivity contribution in [1.29, 1.82) is 0 Å². The molecule has 0 radical (unpaired) electrons. The third-order valence-corrected chi connectivity index (χ3v) is 9.08. The van der Waals surface area contributed by atoms with Crippen LogP contribution in [-0.2, 0) is 25.4 Å². The van der Waals surface area contributed by atoms with Gasteiger partial charge in [0.1, 0.15) is 12.1 Å². The van der Waals surface area contributed by atoms with Crippen LogP contribution in [0.4, 0.5) is 0 Å². The van der Waals surface area contributed by atoms with Gasteiger partial charge in [-0.2, -0.15) is 4.31 Å². The molecule has 0 aliphatic carbocycles. The van der Waals surface area contributed by atoms with E-state index in [1.54, 1.807) is 48.8 Å². The SMILES string of the molecule is CC(C)CC(NC(=O)c1ccc(-c2cnco2)cc1)C(=O)N1CCC2C1C(=O)CN2S(=O)(=O)Cc1cccnc1. The van der Waals surface area contributed by atoms with E-state index in [1.807, 2.05) is 13.8 Å². The molecule has 2 aromatic heterocycles. The third kappa shape index (κ3) is 5.68. The van der Waals surface area contributed by atoms with E-state index in [-0.39, 0.29) is 36.5 Å². The fourth-order valence-corrected chi connectivity index (χ4v) is 7.15. The van der Waals surface area contributed by atoms with Crippen LogP contribution in [0.3, 0.4) is 0 Å². The van der Waals surface area contributed by atoms with Gasteiger partial charge in [-0.1, -0.05) is 32.0 Å². The number of benzene rings is 1. The number of nitrogens with one attached hydrogen (secondary N) is 1. The molecule has 2 aliphatic heterocycles. The zero-order valence-electron chi connectivity index (χ0n) is 22.3. The largest absolute Gasteiger partial charge is 0.444 e. The van der Waals surface area contributed by atoms with Crippen molar-refractivity contribution >= 4 is 27.6 Å². The van der Waals surface area contributed by atoms with Crippen molar-refractivity contribution < 1.29 is 27.2 Å². The fraction of sp³-hybridized carbons (Fsp3) is 0.393. The van der Waals surface area contributed by atoms with Crippen molar-refractivity contribution in [2.45, 2.75) is 50.6 Å². The van der Waals surface area contributed by atoms with Gasteiger partial charge in [0.25, 0.3) is 5.91 Å². The average Bonchev–Trinajstić information content (AvgIpc) is 3.67. The summed E-state index contributed by atoms with van der Waals surface area (Å²) in [6.45, 7) is 3.84. The summed E-state index contributed by atoms with van der Waals surface area (Å²) in [6, 6.07) is 7.71. The second kappa shape index (κ2) is 11.3. The number of likely N-dealkylation sites (tertiary alicyclic amines) is 1. The molecule has 210 valence electrons. The molecule has 2 amide bonds. The molecule has 12 heteroatoms. The lowest BCUT2D eigenvalue weighted by Gasteiger charge is -2.29. The first-order valence-corrected chi connectivity index (χ1v) is 14.8. The molecule has 4 heterocycles. The Balaban J connectivity index is 1.30. The number of hydrogen-bond acceptors (Lipinski definition) is 8. The van der Waals surface area contributed by atoms with Crippen molar-refractivity contribution in [1.82, 2.24) is 24.5 Å². The Labute approximate surface area is 232 Å². The lowest BCUT2D eigenvalue weighted by molar-refractivity contribution is -0.138. The summed E-state index contributed by atoms with van der Waals surface area (Å²) in [6.07, 6.45) is 6.66. The second-order valence-corrected chi connectivity index (χ2v) is 12.5. The van der Waals surface area contributed by atoms with Gasteiger partial charge in [0, 0.05) is 30.1 Å². The van der Waals surface area contributed by atoms with Gasteiger partial charge in [0.05, 0.1) is 24.5 Å². The summed E-state index contributed by atoms with van der Waals surface area (Å²) in [5.74, 6) is -0.738. The van der Waals surface area contributed by atoms with Crippen molar-refractivity contribution in [2.75, 3.05) is 13.1 Å². The molecule has 5 rings (SSSR count). The maximum Gasteiger partial charge on any atom is 0.251 e. The van der Waals surface area contributed by atoms with Crippen LogP contribution < -0.4 is 5.32 Å². The van der Waals surface area contributed by atoms with Crippen LogP contribution in [0.5, 0.6) is 0 Å². The molecular formula is C28H31N5O6S. The molecule has 1 aromatic carbocycles. The number of sulfonamides is 1. The number of ketones is 1. The highest BCUT2D eigenvalue weighted by Gasteiger charge is 2.54. The Hall–Kier alpha value is -3.90. The van der Waals surface area contributed by atoms with Gasteiger partial charge in [0.15, 0.2) is 17.9 Å². The van der Waals surface area contributed by atoms with Gasteiger partial charge in [-0.3, -0.25) is 19.4 Å². The number of fused-ring (bicyclic) bond motifs is 1. The second-order valence-electron chi connectivity index (χ2n) is 10.6. The van der Waals surface area contributed by atoms with Crippen molar-refractivity contribution in [2.24, 2.45) is 5.92 Å². The number of nitrogens with zero attached hydrogens (tertiary/aromatic N) is 4. The fourth-order valence-electron chi connectivity index (χ4n) is 5.44. The van der Waals surface area contributed by atoms with E-state index in [0.29, 0.717) is 29.7 Å². The Morgan fingerprint density at radius 1 is 1.12 bits per heavy atom. The van der Waals surface area contributed by atoms with E-state index < -0.39 is 34.1 Å². The molecule has 0 bridgehead atoms. The topological polar surface area (TPSA) is 143 Å². The average molecular weight is 566 g/mol. The van der Waals surface area contributed by atoms with Crippen LogP contribution in [0, 0.1) is 5.92 Å². The lowest BCUT2D eigenvalue weighted by atomic mass is 10.0. The van der Waals surface area contributed by atoms with Gasteiger partial charge in [0.2, 0.25) is 15.9 Å². The van der Waals surface area contributed by atoms with Crippen LogP contribution >= 0.6 is 0 Å². The summed E-state index contributed by atoms with van der Waals surface area (Å²) in [4.78, 5) is 49.3. The minimum Gasteiger partial charge on any atom is -0.444 e. The summed E-state index contributed by atoms with van der Waals surface area (Å²) < 4.78 is 33.0. The molecule has 2 fully saturated rings. The predicted octanol–water partition coefficient (Wildman–Crippen LogP) is 2.27. The minimum atomic E-state index is -3.81. The van der Waals surface area contributed by atoms with Crippen LogP contribution in [0.2, 0.25) is 0 Å². The van der Waals surface area contributed by atoms with Crippen LogP contribution in [0.15, 0.2) is 65.8 Å². The number of oxazole rings is 1. The highest BCUT2D eigenvalue weighted by molar-refractivity contribution is 7.88. The first-order valence-electron chi connectivity index (χ1n) is 13.2. The molecule has 3 aromatic rings. The highest BCUT2D eigenvalue weighted by atomic mass is 32.2. The number of aromatic nitrogens is 2. The molecule has 2 aliphatic rings. The standard InChI is InChI=1S/C28H31N5O6S/c1-18(2)12-22(31-27(35)21-7-5-20(6-8-21)25-14-30-17-39-25)28(36)32-11-9-23-26(32)24(34)15-33(23)40(37,38)16-19-4-3-10-29-13-19/h3-8,10,13-14,17-18,22-23,26H,9,11-12,15-16H2,1-2H3,(H,31,35). The summed E-state index contributed by atoms with van der Waals surface area (Å²) in [5, 5.41) is 2.85. The van der Waals surface area contributed by atoms with Gasteiger partial charge in [-0.15, -0.1) is 0 Å². The van der Waals surface area contributed by atoms with E-state index >= 15 is 0 Å². The van der Waals surface area contributed by atoms with Gasteiger partial charge < -0.3 is 14.6 Å². The van der Waals surface area contributed by atoms with E-state index in [0.717, 1.165) is 5.56 Å². The molecular weight excluding hydrogens is 534 g/mol. The van der Waals surface area contributed by atoms with Crippen LogP contribution in [0.1, 0.15) is 42.6 Å². The normalized spacial score (nSPS) is 20.1. The highest BCUT2D eigenvalue weighted by Crippen LogP contribution is 2.33. The molecule has 0 saturated carbocycles. The minimum absolute atomic E-state index is 0.0807. The maximum atomic E-state index is 13.8. The van der Waals surface area contributed by atoms with Crippen LogP contribution in [-0.4, -0.2) is 76.4 Å². The van der Waals surface area contributed by atoms with Gasteiger partial charge in [-0.25, -0.2) is 13.4 Å². The summed E-state index contributed by atoms with van der Waals surface area (Å²) >= 11 is 0. The van der Waals surface area contributed by atoms with Gasteiger partial charge in [-0.05, 0) is 42.5 Å². The van der Waals surface area contributed by atoms with E-state index in [1.165, 1.54) is 21.8 Å². The number of amides is 2. The molecule has 11 nitrogen and oxygen atoms in total. The molecule has 40 heavy (non-hydrogen) atoms. The number of Topliss-reactive ketones (excluding diaryl/α,β-unsaturated/α-hetero) is 1. The van der Waals surface area contributed by atoms with Crippen molar-refractivity contribution in [3.05, 3.63) is 72.5 Å². The third-order valence-electron chi connectivity index (χ3n) is 7.26. The molecule has 0 spiro atoms. The number of carbonyl (C=O) groups is 3. The van der Waals surface area contributed by atoms with Crippen molar-refractivity contribution in [3.8, 4) is 11.3 Å². The first-order chi connectivity index (χ1) is 19.1. The smallest absolute Gasteiger partial charge is 0.251 e. The quantitative estimate of drug-likeness (QED) is 0.416. The Morgan fingerprint density at radius 2 is 1.90 bits per heavy atom. The van der Waals surface area contributed by atoms with E-state index in [2.05, 4.69) is 15.3 Å². The number of hydrogen-bond donors (Lipinski definition) is 1. The Bertz CT molecular complexity index is 1480. The van der Waals surface area contributed by atoms with Crippen molar-refractivity contribution in [3.63, 3.8) is 0 Å². The molecule has 2 saturated heterocycles. The summed E-state index contributed by atoms with van der Waals surface area (Å²) in [5.41, 5.74) is 1.65. The predicted molar refractivity (Wildman–Crippen MR) is 145 cm³/mol. The summed E-state index contributed by atoms with van der Waals surface area (Å²) in [7, 11) is -3.81. The van der Waals surface area contributed by atoms with E-state index in [9.17, 15) is 22.8 Å². The Morgan fingerprint density at radius 3 is 2.55 bits per heavy atom. The van der Waals surface area contributed by atoms with Gasteiger partial charge >= 0.3 is 0 Å². The number of rotatable bonds is 9. The molecule has 3 atom stereocenters. The maximum absolute atomic E-state index is 13.8. The first kappa shape index (κ1) is 27.7. The Kier molecular flexibility index (Phi) is 7.81.